The van der Waals surface area contributed by atoms with Crippen LogP contribution in [0.1, 0.15) is 32.6 Å². The number of nitrogens with one attached hydrogen (secondary N) is 1. The van der Waals surface area contributed by atoms with Crippen LogP contribution in [-0.2, 0) is 6.54 Å². The number of aromatic nitrogens is 1. The maximum Gasteiger partial charge on any atom is 0.259 e. The Labute approximate surface area is 189 Å². The van der Waals surface area contributed by atoms with Crippen LogP contribution in [0.5, 0.6) is 0 Å². The Kier molecular flexibility index (Phi) is 5.79. The fourth-order valence-electron chi connectivity index (χ4n) is 3.60. The van der Waals surface area contributed by atoms with Crippen molar-refractivity contribution in [3.63, 3.8) is 0 Å². The number of rotatable bonds is 4. The van der Waals surface area contributed by atoms with E-state index < -0.39 is 0 Å². The largest absolute Gasteiger partial charge is 0.322 e. The molecule has 1 amide bonds. The van der Waals surface area contributed by atoms with E-state index in [0.29, 0.717) is 11.1 Å². The Morgan fingerprint density at radius 1 is 0.935 bits per heavy atom. The molecule has 31 heavy (non-hydrogen) atoms. The number of hydrogen-bond donors (Lipinski definition) is 1. The number of nitrogens with zero attached hydrogens (tertiary/aromatic N) is 1. The van der Waals surface area contributed by atoms with Crippen molar-refractivity contribution in [2.24, 2.45) is 0 Å². The highest BCUT2D eigenvalue weighted by molar-refractivity contribution is 9.10. The third-order valence-electron chi connectivity index (χ3n) is 5.56. The average molecular weight is 475 g/mol. The molecule has 5 heteroatoms. The van der Waals surface area contributed by atoms with Crippen molar-refractivity contribution in [2.75, 3.05) is 4.90 Å². The van der Waals surface area contributed by atoms with Crippen molar-refractivity contribution in [1.29, 1.82) is 0 Å². The van der Waals surface area contributed by atoms with E-state index in [2.05, 4.69) is 20.9 Å². The third-order valence-corrected chi connectivity index (χ3v) is 6.25. The van der Waals surface area contributed by atoms with Crippen molar-refractivity contribution in [1.82, 2.24) is 4.98 Å². The maximum absolute atomic E-state index is 13.6. The van der Waals surface area contributed by atoms with E-state index in [1.54, 1.807) is 11.0 Å². The zero-order valence-electron chi connectivity index (χ0n) is 17.7. The predicted octanol–water partition coefficient (Wildman–Crippen LogP) is 6.06. The van der Waals surface area contributed by atoms with Gasteiger partial charge in [-0.2, -0.15) is 0 Å². The number of H-pyrrole nitrogens is 1. The first kappa shape index (κ1) is 21.1. The molecule has 4 rings (SSSR count). The molecule has 0 aliphatic rings. The standard InChI is InChI=1S/C26H23BrN2O2/c1-16-8-10-19-14-20(25(30)28-24(19)12-16)15-29(21-11-9-17(2)18(3)13-21)26(31)22-6-4-5-7-23(22)27/h4-14H,15H2,1-3H3,(H,28,30). The van der Waals surface area contributed by atoms with Crippen LogP contribution >= 0.6 is 15.9 Å². The molecule has 1 heterocycles. The Morgan fingerprint density at radius 2 is 1.71 bits per heavy atom. The number of aromatic amines is 1. The summed E-state index contributed by atoms with van der Waals surface area (Å²) in [6, 6.07) is 21.1. The molecule has 0 aliphatic heterocycles. The van der Waals surface area contributed by atoms with E-state index in [-0.39, 0.29) is 18.0 Å². The lowest BCUT2D eigenvalue weighted by Gasteiger charge is -2.24. The highest BCUT2D eigenvalue weighted by atomic mass is 79.9. The predicted molar refractivity (Wildman–Crippen MR) is 130 cm³/mol. The molecule has 4 aromatic rings. The van der Waals surface area contributed by atoms with Crippen LogP contribution in [0.4, 0.5) is 5.69 Å². The smallest absolute Gasteiger partial charge is 0.259 e. The summed E-state index contributed by atoms with van der Waals surface area (Å²) >= 11 is 3.49. The zero-order valence-corrected chi connectivity index (χ0v) is 19.3. The minimum Gasteiger partial charge on any atom is -0.322 e. The lowest BCUT2D eigenvalue weighted by atomic mass is 10.1. The monoisotopic (exact) mass is 474 g/mol. The van der Waals surface area contributed by atoms with Gasteiger partial charge in [0.2, 0.25) is 0 Å². The third kappa shape index (κ3) is 4.32. The summed E-state index contributed by atoms with van der Waals surface area (Å²) in [6.07, 6.45) is 0. The summed E-state index contributed by atoms with van der Waals surface area (Å²) in [5.74, 6) is -0.167. The van der Waals surface area contributed by atoms with Gasteiger partial charge in [0.1, 0.15) is 0 Å². The van der Waals surface area contributed by atoms with Crippen LogP contribution in [0.15, 0.2) is 76.0 Å². The molecule has 0 radical (unpaired) electrons. The van der Waals surface area contributed by atoms with Crippen LogP contribution in [0.25, 0.3) is 10.9 Å². The van der Waals surface area contributed by atoms with E-state index in [1.165, 1.54) is 0 Å². The summed E-state index contributed by atoms with van der Waals surface area (Å²) < 4.78 is 0.719. The van der Waals surface area contributed by atoms with Gasteiger partial charge in [0.05, 0.1) is 12.1 Å². The average Bonchev–Trinajstić information content (AvgIpc) is 2.74. The summed E-state index contributed by atoms with van der Waals surface area (Å²) in [5, 5.41) is 0.938. The maximum atomic E-state index is 13.6. The number of halogens is 1. The Bertz CT molecular complexity index is 1360. The van der Waals surface area contributed by atoms with Crippen LogP contribution in [0.3, 0.4) is 0 Å². The number of fused-ring (bicyclic) bond motifs is 1. The quantitative estimate of drug-likeness (QED) is 0.390. The molecular formula is C26H23BrN2O2. The first-order chi connectivity index (χ1) is 14.8. The number of benzene rings is 3. The Hall–Kier alpha value is -3.18. The molecule has 0 saturated heterocycles. The fraction of sp³-hybridized carbons (Fsp3) is 0.154. The summed E-state index contributed by atoms with van der Waals surface area (Å²) in [4.78, 5) is 31.1. The van der Waals surface area contributed by atoms with Gasteiger partial charge in [-0.05, 0) is 95.2 Å². The second-order valence-corrected chi connectivity index (χ2v) is 8.71. The van der Waals surface area contributed by atoms with Gasteiger partial charge in [-0.1, -0.05) is 30.3 Å². The lowest BCUT2D eigenvalue weighted by Crippen LogP contribution is -2.33. The lowest BCUT2D eigenvalue weighted by molar-refractivity contribution is 0.0984. The van der Waals surface area contributed by atoms with E-state index in [1.807, 2.05) is 81.4 Å². The normalized spacial score (nSPS) is 11.0. The summed E-state index contributed by atoms with van der Waals surface area (Å²) in [7, 11) is 0. The molecule has 1 N–H and O–H groups in total. The number of amides is 1. The molecular weight excluding hydrogens is 452 g/mol. The number of carbonyl (C=O) groups excluding carboxylic acids is 1. The molecule has 1 aromatic heterocycles. The molecule has 0 aliphatic carbocycles. The molecule has 0 bridgehead atoms. The second kappa shape index (κ2) is 8.52. The van der Waals surface area contributed by atoms with Crippen LogP contribution in [0, 0.1) is 20.8 Å². The summed E-state index contributed by atoms with van der Waals surface area (Å²) in [5.41, 5.74) is 5.77. The molecule has 0 saturated carbocycles. The van der Waals surface area contributed by atoms with E-state index in [4.69, 9.17) is 0 Å². The Balaban J connectivity index is 1.82. The SMILES string of the molecule is Cc1ccc2cc(CN(C(=O)c3ccccc3Br)c3ccc(C)c(C)c3)c(=O)[nH]c2c1. The number of aryl methyl sites for hydroxylation is 3. The number of carbonyl (C=O) groups is 1. The van der Waals surface area contributed by atoms with Gasteiger partial charge in [0.15, 0.2) is 0 Å². The second-order valence-electron chi connectivity index (χ2n) is 7.85. The van der Waals surface area contributed by atoms with Gasteiger partial charge in [-0.25, -0.2) is 0 Å². The van der Waals surface area contributed by atoms with Crippen molar-refractivity contribution in [2.45, 2.75) is 27.3 Å². The highest BCUT2D eigenvalue weighted by Gasteiger charge is 2.22. The van der Waals surface area contributed by atoms with Gasteiger partial charge in [0.25, 0.3) is 11.5 Å². The zero-order chi connectivity index (χ0) is 22.1. The number of pyridine rings is 1. The van der Waals surface area contributed by atoms with Crippen LogP contribution in [-0.4, -0.2) is 10.9 Å². The first-order valence-corrected chi connectivity index (χ1v) is 10.9. The number of anilines is 1. The minimum atomic E-state index is -0.188. The molecule has 156 valence electrons. The van der Waals surface area contributed by atoms with Gasteiger partial charge in [-0.3, -0.25) is 9.59 Å². The van der Waals surface area contributed by atoms with E-state index in [0.717, 1.165) is 37.8 Å². The molecule has 0 unspecified atom stereocenters. The molecule has 0 fully saturated rings. The van der Waals surface area contributed by atoms with Gasteiger partial charge in [-0.15, -0.1) is 0 Å². The van der Waals surface area contributed by atoms with Crippen LogP contribution < -0.4 is 10.5 Å². The fourth-order valence-corrected chi connectivity index (χ4v) is 4.06. The van der Waals surface area contributed by atoms with Gasteiger partial charge < -0.3 is 9.88 Å². The minimum absolute atomic E-state index is 0.167. The van der Waals surface area contributed by atoms with E-state index >= 15 is 0 Å². The van der Waals surface area contributed by atoms with Gasteiger partial charge >= 0.3 is 0 Å². The Morgan fingerprint density at radius 3 is 2.45 bits per heavy atom. The van der Waals surface area contributed by atoms with E-state index in [9.17, 15) is 9.59 Å². The highest BCUT2D eigenvalue weighted by Crippen LogP contribution is 2.26. The van der Waals surface area contributed by atoms with Crippen LogP contribution in [0.2, 0.25) is 0 Å². The molecule has 0 spiro atoms. The van der Waals surface area contributed by atoms with Crippen molar-refractivity contribution in [3.05, 3.63) is 109 Å². The molecule has 0 atom stereocenters. The number of hydrogen-bond acceptors (Lipinski definition) is 2. The van der Waals surface area contributed by atoms with Crippen molar-refractivity contribution < 1.29 is 4.79 Å². The molecule has 4 nitrogen and oxygen atoms in total. The first-order valence-electron chi connectivity index (χ1n) is 10.1. The van der Waals surface area contributed by atoms with Crippen molar-refractivity contribution >= 4 is 38.4 Å². The van der Waals surface area contributed by atoms with Crippen molar-refractivity contribution in [3.8, 4) is 0 Å². The topological polar surface area (TPSA) is 53.2 Å². The summed E-state index contributed by atoms with van der Waals surface area (Å²) in [6.45, 7) is 6.21. The van der Waals surface area contributed by atoms with Gasteiger partial charge in [0, 0.05) is 21.2 Å². The molecule has 3 aromatic carbocycles.